The van der Waals surface area contributed by atoms with Crippen LogP contribution < -0.4 is 11.1 Å². The van der Waals surface area contributed by atoms with Crippen LogP contribution in [0.15, 0.2) is 18.2 Å². The summed E-state index contributed by atoms with van der Waals surface area (Å²) >= 11 is 5.71. The lowest BCUT2D eigenvalue weighted by Gasteiger charge is -2.10. The molecule has 4 N–H and O–H groups in total. The first-order chi connectivity index (χ1) is 7.41. The molecule has 1 aromatic carbocycles. The number of hydrogen-bond acceptors (Lipinski definition) is 3. The van der Waals surface area contributed by atoms with Gasteiger partial charge in [0.25, 0.3) is 0 Å². The number of aromatic carboxylic acids is 1. The van der Waals surface area contributed by atoms with Crippen molar-refractivity contribution in [1.29, 1.82) is 0 Å². The van der Waals surface area contributed by atoms with Crippen LogP contribution in [0, 0.1) is 0 Å². The standard InChI is InChI=1S/C10H11ClN2O3/c1-5(12)9(14)13-8-4-6(11)2-3-7(8)10(15)16/h2-5H,12H2,1H3,(H,13,14)(H,15,16)/t5-/m0/s1. The van der Waals surface area contributed by atoms with Gasteiger partial charge in [-0.15, -0.1) is 0 Å². The van der Waals surface area contributed by atoms with Crippen molar-refractivity contribution in [3.8, 4) is 0 Å². The van der Waals surface area contributed by atoms with Gasteiger partial charge in [-0.3, -0.25) is 4.79 Å². The van der Waals surface area contributed by atoms with Crippen molar-refractivity contribution in [2.24, 2.45) is 5.73 Å². The van der Waals surface area contributed by atoms with E-state index in [2.05, 4.69) is 5.32 Å². The molecule has 0 bridgehead atoms. The van der Waals surface area contributed by atoms with Gasteiger partial charge in [-0.2, -0.15) is 0 Å². The maximum atomic E-state index is 11.3. The molecule has 0 unspecified atom stereocenters. The number of halogens is 1. The Bertz CT molecular complexity index is 432. The molecule has 0 heterocycles. The van der Waals surface area contributed by atoms with Gasteiger partial charge in [0, 0.05) is 5.02 Å². The van der Waals surface area contributed by atoms with Crippen molar-refractivity contribution < 1.29 is 14.7 Å². The maximum Gasteiger partial charge on any atom is 0.337 e. The Morgan fingerprint density at radius 2 is 2.12 bits per heavy atom. The van der Waals surface area contributed by atoms with Crippen LogP contribution >= 0.6 is 11.6 Å². The third-order valence-corrected chi connectivity index (χ3v) is 2.12. The van der Waals surface area contributed by atoms with Gasteiger partial charge < -0.3 is 16.2 Å². The smallest absolute Gasteiger partial charge is 0.337 e. The van der Waals surface area contributed by atoms with Crippen LogP contribution in [0.5, 0.6) is 0 Å². The Hall–Kier alpha value is -1.59. The van der Waals surface area contributed by atoms with Gasteiger partial charge in [-0.1, -0.05) is 11.6 Å². The van der Waals surface area contributed by atoms with E-state index in [9.17, 15) is 9.59 Å². The monoisotopic (exact) mass is 242 g/mol. The lowest BCUT2D eigenvalue weighted by Crippen LogP contribution is -2.33. The molecule has 0 aliphatic carbocycles. The van der Waals surface area contributed by atoms with E-state index in [-0.39, 0.29) is 11.3 Å². The summed E-state index contributed by atoms with van der Waals surface area (Å²) in [6.07, 6.45) is 0. The van der Waals surface area contributed by atoms with Crippen LogP contribution in [0.2, 0.25) is 5.02 Å². The maximum absolute atomic E-state index is 11.3. The highest BCUT2D eigenvalue weighted by molar-refractivity contribution is 6.31. The van der Waals surface area contributed by atoms with Crippen LogP contribution in [0.1, 0.15) is 17.3 Å². The fourth-order valence-corrected chi connectivity index (χ4v) is 1.23. The minimum Gasteiger partial charge on any atom is -0.478 e. The average Bonchev–Trinajstić information content (AvgIpc) is 2.16. The summed E-state index contributed by atoms with van der Waals surface area (Å²) in [6, 6.07) is 3.40. The summed E-state index contributed by atoms with van der Waals surface area (Å²) in [7, 11) is 0. The van der Waals surface area contributed by atoms with Crippen LogP contribution in [0.3, 0.4) is 0 Å². The SMILES string of the molecule is C[C@H](N)C(=O)Nc1cc(Cl)ccc1C(=O)O. The summed E-state index contributed by atoms with van der Waals surface area (Å²) in [5.74, 6) is -1.61. The number of hydrogen-bond donors (Lipinski definition) is 3. The van der Waals surface area contributed by atoms with Gasteiger partial charge in [0.15, 0.2) is 0 Å². The molecule has 16 heavy (non-hydrogen) atoms. The number of nitrogens with one attached hydrogen (secondary N) is 1. The number of rotatable bonds is 3. The summed E-state index contributed by atoms with van der Waals surface area (Å²) in [6.45, 7) is 1.50. The molecule has 0 aliphatic rings. The van der Waals surface area contributed by atoms with Gasteiger partial charge in [0.2, 0.25) is 5.91 Å². The molecule has 0 aliphatic heterocycles. The average molecular weight is 243 g/mol. The molecule has 1 amide bonds. The largest absolute Gasteiger partial charge is 0.478 e. The molecule has 0 saturated carbocycles. The molecular formula is C10H11ClN2O3. The van der Waals surface area contributed by atoms with Gasteiger partial charge in [-0.25, -0.2) is 4.79 Å². The Labute approximate surface area is 97.2 Å². The highest BCUT2D eigenvalue weighted by Crippen LogP contribution is 2.21. The molecule has 5 nitrogen and oxygen atoms in total. The molecule has 86 valence electrons. The van der Waals surface area contributed by atoms with E-state index >= 15 is 0 Å². The normalized spacial score (nSPS) is 11.9. The Balaban J connectivity index is 3.06. The van der Waals surface area contributed by atoms with E-state index in [1.165, 1.54) is 25.1 Å². The van der Waals surface area contributed by atoms with Gasteiger partial charge in [-0.05, 0) is 25.1 Å². The lowest BCUT2D eigenvalue weighted by molar-refractivity contribution is -0.117. The third kappa shape index (κ3) is 2.95. The number of anilines is 1. The molecule has 6 heteroatoms. The number of carboxylic acids is 1. The molecule has 1 rings (SSSR count). The predicted octanol–water partition coefficient (Wildman–Crippen LogP) is 1.32. The van der Waals surface area contributed by atoms with Gasteiger partial charge >= 0.3 is 5.97 Å². The zero-order valence-electron chi connectivity index (χ0n) is 8.53. The second-order valence-corrected chi connectivity index (χ2v) is 3.71. The molecule has 0 spiro atoms. The fraction of sp³-hybridized carbons (Fsp3) is 0.200. The lowest BCUT2D eigenvalue weighted by atomic mass is 10.1. The van der Waals surface area contributed by atoms with Crippen molar-refractivity contribution in [3.05, 3.63) is 28.8 Å². The molecule has 1 aromatic rings. The molecule has 0 aromatic heterocycles. The number of carbonyl (C=O) groups excluding carboxylic acids is 1. The van der Waals surface area contributed by atoms with Crippen molar-refractivity contribution in [2.45, 2.75) is 13.0 Å². The second-order valence-electron chi connectivity index (χ2n) is 3.27. The molecule has 1 atom stereocenters. The summed E-state index contributed by atoms with van der Waals surface area (Å²) in [5, 5.41) is 11.6. The van der Waals surface area contributed by atoms with Crippen LogP contribution in [-0.2, 0) is 4.79 Å². The third-order valence-electron chi connectivity index (χ3n) is 1.88. The Kier molecular flexibility index (Phi) is 3.87. The van der Waals surface area contributed by atoms with Crippen molar-refractivity contribution in [1.82, 2.24) is 0 Å². The molecular weight excluding hydrogens is 232 g/mol. The summed E-state index contributed by atoms with van der Waals surface area (Å²) < 4.78 is 0. The van der Waals surface area contributed by atoms with Crippen LogP contribution in [-0.4, -0.2) is 23.0 Å². The number of nitrogens with two attached hydrogens (primary N) is 1. The molecule has 0 radical (unpaired) electrons. The quantitative estimate of drug-likeness (QED) is 0.745. The van der Waals surface area contributed by atoms with Crippen LogP contribution in [0.4, 0.5) is 5.69 Å². The summed E-state index contributed by atoms with van der Waals surface area (Å²) in [5.41, 5.74) is 5.47. The number of amides is 1. The van der Waals surface area contributed by atoms with Gasteiger partial charge in [0.05, 0.1) is 17.3 Å². The van der Waals surface area contributed by atoms with E-state index in [4.69, 9.17) is 22.4 Å². The first kappa shape index (κ1) is 12.5. The Morgan fingerprint density at radius 1 is 1.50 bits per heavy atom. The predicted molar refractivity (Wildman–Crippen MR) is 60.7 cm³/mol. The van der Waals surface area contributed by atoms with Crippen molar-refractivity contribution in [3.63, 3.8) is 0 Å². The fourth-order valence-electron chi connectivity index (χ4n) is 1.05. The summed E-state index contributed by atoms with van der Waals surface area (Å²) in [4.78, 5) is 22.2. The topological polar surface area (TPSA) is 92.4 Å². The molecule has 0 fully saturated rings. The Morgan fingerprint density at radius 3 is 2.62 bits per heavy atom. The van der Waals surface area contributed by atoms with Crippen molar-refractivity contribution in [2.75, 3.05) is 5.32 Å². The highest BCUT2D eigenvalue weighted by atomic mass is 35.5. The number of benzene rings is 1. The minimum absolute atomic E-state index is 0.0293. The van der Waals surface area contributed by atoms with E-state index in [0.717, 1.165) is 0 Å². The van der Waals surface area contributed by atoms with Crippen LogP contribution in [0.25, 0.3) is 0 Å². The van der Waals surface area contributed by atoms with Gasteiger partial charge in [0.1, 0.15) is 0 Å². The number of carboxylic acid groups (broad SMARTS) is 1. The first-order valence-electron chi connectivity index (χ1n) is 4.51. The van der Waals surface area contributed by atoms with Crippen molar-refractivity contribution >= 4 is 29.2 Å². The second kappa shape index (κ2) is 4.96. The molecule has 0 saturated heterocycles. The highest BCUT2D eigenvalue weighted by Gasteiger charge is 2.14. The van der Waals surface area contributed by atoms with E-state index in [1.807, 2.05) is 0 Å². The van der Waals surface area contributed by atoms with E-state index < -0.39 is 17.9 Å². The zero-order chi connectivity index (χ0) is 12.3. The zero-order valence-corrected chi connectivity index (χ0v) is 9.28. The number of carbonyl (C=O) groups is 2. The van der Waals surface area contributed by atoms with E-state index in [1.54, 1.807) is 0 Å². The first-order valence-corrected chi connectivity index (χ1v) is 4.89. The van der Waals surface area contributed by atoms with E-state index in [0.29, 0.717) is 5.02 Å². The minimum atomic E-state index is -1.14.